The molecule has 8 heteroatoms. The maximum atomic E-state index is 12.5. The zero-order valence-electron chi connectivity index (χ0n) is 11.7. The predicted molar refractivity (Wildman–Crippen MR) is 68.9 cm³/mol. The molecule has 22 heavy (non-hydrogen) atoms. The summed E-state index contributed by atoms with van der Waals surface area (Å²) in [5.41, 5.74) is -1.81. The Bertz CT molecular complexity index is 585. The molecule has 120 valence electrons. The lowest BCUT2D eigenvalue weighted by atomic mass is 10.0. The van der Waals surface area contributed by atoms with Gasteiger partial charge in [-0.15, -0.1) is 0 Å². The number of aliphatic carboxylic acids is 1. The van der Waals surface area contributed by atoms with E-state index in [0.717, 1.165) is 12.1 Å². The van der Waals surface area contributed by atoms with Crippen LogP contribution in [0.4, 0.5) is 13.2 Å². The molecule has 1 heterocycles. The molecule has 1 aliphatic rings. The summed E-state index contributed by atoms with van der Waals surface area (Å²) in [4.78, 5) is 24.2. The molecule has 0 bridgehead atoms. The lowest BCUT2D eigenvalue weighted by molar-refractivity contribution is -0.182. The van der Waals surface area contributed by atoms with Crippen molar-refractivity contribution in [1.82, 2.24) is 4.90 Å². The van der Waals surface area contributed by atoms with Gasteiger partial charge in [-0.2, -0.15) is 13.2 Å². The van der Waals surface area contributed by atoms with E-state index in [1.54, 1.807) is 0 Å². The van der Waals surface area contributed by atoms with Crippen molar-refractivity contribution in [2.45, 2.75) is 25.2 Å². The highest BCUT2D eigenvalue weighted by Gasteiger charge is 2.42. The summed E-state index contributed by atoms with van der Waals surface area (Å²) in [6.45, 7) is 0.844. The second kappa shape index (κ2) is 5.60. The third-order valence-corrected chi connectivity index (χ3v) is 3.47. The third-order valence-electron chi connectivity index (χ3n) is 3.47. The van der Waals surface area contributed by atoms with Crippen LogP contribution in [0.15, 0.2) is 24.3 Å². The van der Waals surface area contributed by atoms with E-state index in [4.69, 9.17) is 9.84 Å². The normalized spacial score (nSPS) is 22.7. The molecule has 1 N–H and O–H groups in total. The smallest absolute Gasteiger partial charge is 0.416 e. The molecule has 0 radical (unpaired) electrons. The standard InChI is InChI=1S/C14H14F3NO4/c1-13(12(20)21)8-18(11(19)7-22-13)6-9-2-4-10(5-3-9)14(15,16)17/h2-5H,6-8H2,1H3,(H,20,21). The molecule has 1 saturated heterocycles. The Hall–Kier alpha value is -2.09. The molecule has 1 aromatic rings. The van der Waals surface area contributed by atoms with Crippen molar-refractivity contribution in [3.63, 3.8) is 0 Å². The summed E-state index contributed by atoms with van der Waals surface area (Å²) in [6, 6.07) is 4.39. The Morgan fingerprint density at radius 3 is 2.45 bits per heavy atom. The van der Waals surface area contributed by atoms with Crippen LogP contribution in [0.5, 0.6) is 0 Å². The molecule has 1 fully saturated rings. The lowest BCUT2D eigenvalue weighted by Crippen LogP contribution is -2.56. The minimum absolute atomic E-state index is 0.0310. The first-order valence-corrected chi connectivity index (χ1v) is 6.43. The summed E-state index contributed by atoms with van der Waals surface area (Å²) in [5.74, 6) is -1.60. The van der Waals surface area contributed by atoms with E-state index in [9.17, 15) is 22.8 Å². The van der Waals surface area contributed by atoms with Crippen LogP contribution in [0.25, 0.3) is 0 Å². The van der Waals surface area contributed by atoms with Gasteiger partial charge in [0.05, 0.1) is 12.1 Å². The van der Waals surface area contributed by atoms with Gasteiger partial charge in [0.1, 0.15) is 6.61 Å². The Labute approximate surface area is 124 Å². The van der Waals surface area contributed by atoms with Gasteiger partial charge in [-0.05, 0) is 24.6 Å². The van der Waals surface area contributed by atoms with Crippen molar-refractivity contribution < 1.29 is 32.6 Å². The van der Waals surface area contributed by atoms with E-state index in [-0.39, 0.29) is 19.7 Å². The van der Waals surface area contributed by atoms with Crippen LogP contribution in [-0.4, -0.2) is 40.6 Å². The molecule has 5 nitrogen and oxygen atoms in total. The molecule has 1 atom stereocenters. The Kier molecular flexibility index (Phi) is 4.15. The van der Waals surface area contributed by atoms with Crippen LogP contribution in [0.1, 0.15) is 18.1 Å². The van der Waals surface area contributed by atoms with Crippen LogP contribution >= 0.6 is 0 Å². The van der Waals surface area contributed by atoms with Gasteiger partial charge in [0.15, 0.2) is 5.60 Å². The van der Waals surface area contributed by atoms with Crippen LogP contribution in [0.2, 0.25) is 0 Å². The van der Waals surface area contributed by atoms with Crippen molar-refractivity contribution in [3.8, 4) is 0 Å². The number of carboxylic acids is 1. The Balaban J connectivity index is 2.12. The molecule has 0 aliphatic carbocycles. The molecule has 1 unspecified atom stereocenters. The number of carbonyl (C=O) groups is 2. The number of alkyl halides is 3. The zero-order valence-corrected chi connectivity index (χ0v) is 11.7. The van der Waals surface area contributed by atoms with E-state index in [2.05, 4.69) is 0 Å². The Morgan fingerprint density at radius 1 is 1.36 bits per heavy atom. The molecule has 1 aromatic carbocycles. The van der Waals surface area contributed by atoms with Gasteiger partial charge < -0.3 is 14.7 Å². The fourth-order valence-corrected chi connectivity index (χ4v) is 2.10. The lowest BCUT2D eigenvalue weighted by Gasteiger charge is -2.37. The number of rotatable bonds is 3. The highest BCUT2D eigenvalue weighted by molar-refractivity contribution is 5.83. The number of ether oxygens (including phenoxy) is 1. The summed E-state index contributed by atoms with van der Waals surface area (Å²) in [5, 5.41) is 9.11. The van der Waals surface area contributed by atoms with E-state index >= 15 is 0 Å². The van der Waals surface area contributed by atoms with E-state index in [1.165, 1.54) is 24.0 Å². The third kappa shape index (κ3) is 3.38. The average Bonchev–Trinajstić information content (AvgIpc) is 2.42. The maximum absolute atomic E-state index is 12.5. The quantitative estimate of drug-likeness (QED) is 0.925. The van der Waals surface area contributed by atoms with E-state index in [1.807, 2.05) is 0 Å². The van der Waals surface area contributed by atoms with Gasteiger partial charge in [0.25, 0.3) is 0 Å². The van der Waals surface area contributed by atoms with Gasteiger partial charge in [0.2, 0.25) is 5.91 Å². The van der Waals surface area contributed by atoms with Crippen molar-refractivity contribution >= 4 is 11.9 Å². The van der Waals surface area contributed by atoms with Crippen molar-refractivity contribution in [3.05, 3.63) is 35.4 Å². The molecular weight excluding hydrogens is 303 g/mol. The molecule has 0 spiro atoms. The summed E-state index contributed by atoms with van der Waals surface area (Å²) in [6.07, 6.45) is -4.42. The number of carbonyl (C=O) groups excluding carboxylic acids is 1. The Morgan fingerprint density at radius 2 is 1.95 bits per heavy atom. The van der Waals surface area contributed by atoms with Gasteiger partial charge in [-0.1, -0.05) is 12.1 Å². The topological polar surface area (TPSA) is 66.8 Å². The largest absolute Gasteiger partial charge is 0.479 e. The van der Waals surface area contributed by atoms with Crippen molar-refractivity contribution in [2.75, 3.05) is 13.2 Å². The summed E-state index contributed by atoms with van der Waals surface area (Å²) < 4.78 is 42.5. The minimum atomic E-state index is -4.42. The monoisotopic (exact) mass is 317 g/mol. The van der Waals surface area contributed by atoms with Gasteiger partial charge in [-0.25, -0.2) is 4.79 Å². The van der Waals surface area contributed by atoms with Gasteiger partial charge in [0, 0.05) is 6.54 Å². The first-order chi connectivity index (χ1) is 10.1. The fraction of sp³-hybridized carbons (Fsp3) is 0.429. The first kappa shape index (κ1) is 16.3. The predicted octanol–water partition coefficient (Wildman–Crippen LogP) is 1.91. The van der Waals surface area contributed by atoms with Crippen LogP contribution in [0.3, 0.4) is 0 Å². The fourth-order valence-electron chi connectivity index (χ4n) is 2.10. The number of halogens is 3. The van der Waals surface area contributed by atoms with E-state index < -0.39 is 29.2 Å². The van der Waals surface area contributed by atoms with Crippen LogP contribution in [0, 0.1) is 0 Å². The van der Waals surface area contributed by atoms with Crippen LogP contribution < -0.4 is 0 Å². The maximum Gasteiger partial charge on any atom is 0.416 e. The molecule has 0 saturated carbocycles. The highest BCUT2D eigenvalue weighted by Crippen LogP contribution is 2.29. The van der Waals surface area contributed by atoms with Crippen molar-refractivity contribution in [2.24, 2.45) is 0 Å². The average molecular weight is 317 g/mol. The number of hydrogen-bond donors (Lipinski definition) is 1. The van der Waals surface area contributed by atoms with Gasteiger partial charge in [-0.3, -0.25) is 4.79 Å². The van der Waals surface area contributed by atoms with Crippen molar-refractivity contribution in [1.29, 1.82) is 0 Å². The number of nitrogens with zero attached hydrogens (tertiary/aromatic N) is 1. The summed E-state index contributed by atoms with van der Waals surface area (Å²) in [7, 11) is 0. The first-order valence-electron chi connectivity index (χ1n) is 6.43. The SMILES string of the molecule is CC1(C(=O)O)CN(Cc2ccc(C(F)(F)F)cc2)C(=O)CO1. The molecular formula is C14H14F3NO4. The number of amides is 1. The van der Waals surface area contributed by atoms with Crippen LogP contribution in [-0.2, 0) is 27.0 Å². The molecule has 2 rings (SSSR count). The number of benzene rings is 1. The zero-order chi connectivity index (χ0) is 16.5. The molecule has 1 aliphatic heterocycles. The second-order valence-electron chi connectivity index (χ2n) is 5.27. The van der Waals surface area contributed by atoms with E-state index in [0.29, 0.717) is 5.56 Å². The number of hydrogen-bond acceptors (Lipinski definition) is 3. The second-order valence-corrected chi connectivity index (χ2v) is 5.27. The minimum Gasteiger partial charge on any atom is -0.479 e. The highest BCUT2D eigenvalue weighted by atomic mass is 19.4. The van der Waals surface area contributed by atoms with Gasteiger partial charge >= 0.3 is 12.1 Å². The summed E-state index contributed by atoms with van der Waals surface area (Å²) >= 11 is 0. The number of morpholine rings is 1. The number of carboxylic acid groups (broad SMARTS) is 1. The molecule has 0 aromatic heterocycles. The molecule has 1 amide bonds.